The van der Waals surface area contributed by atoms with E-state index in [0.717, 1.165) is 66.7 Å². The van der Waals surface area contributed by atoms with Crippen LogP contribution in [0.15, 0.2) is 178 Å². The molecule has 0 spiro atoms. The molecule has 47 heavy (non-hydrogen) atoms. The van der Waals surface area contributed by atoms with Crippen LogP contribution < -0.4 is 5.32 Å². The van der Waals surface area contributed by atoms with E-state index < -0.39 is 0 Å². The maximum Gasteiger partial charge on any atom is 0.159 e. The van der Waals surface area contributed by atoms with Crippen molar-refractivity contribution in [1.82, 2.24) is 5.32 Å². The molecule has 0 bridgehead atoms. The Balaban J connectivity index is 1.14. The van der Waals surface area contributed by atoms with E-state index >= 15 is 0 Å². The first-order chi connectivity index (χ1) is 23.3. The Hall–Kier alpha value is -6.26. The average Bonchev–Trinajstić information content (AvgIpc) is 3.53. The molecule has 1 N–H and O–H groups in total. The van der Waals surface area contributed by atoms with E-state index in [0.29, 0.717) is 5.84 Å². The largest absolute Gasteiger partial charge is 0.456 e. The summed E-state index contributed by atoms with van der Waals surface area (Å²) in [7, 11) is 0. The number of nitrogens with zero attached hydrogens (tertiary/aromatic N) is 2. The van der Waals surface area contributed by atoms with E-state index in [1.54, 1.807) is 0 Å². The minimum atomic E-state index is -0.302. The first-order valence-corrected chi connectivity index (χ1v) is 15.9. The van der Waals surface area contributed by atoms with Gasteiger partial charge in [-0.3, -0.25) is 0 Å². The van der Waals surface area contributed by atoms with Gasteiger partial charge in [0.1, 0.15) is 23.2 Å². The summed E-state index contributed by atoms with van der Waals surface area (Å²) in [6, 6.07) is 57.0. The van der Waals surface area contributed by atoms with Crippen molar-refractivity contribution in [3.63, 3.8) is 0 Å². The van der Waals surface area contributed by atoms with Crippen LogP contribution in [0.2, 0.25) is 0 Å². The Bertz CT molecular complexity index is 2480. The van der Waals surface area contributed by atoms with Crippen molar-refractivity contribution in [3.8, 4) is 22.3 Å². The monoisotopic (exact) mass is 603 g/mol. The van der Waals surface area contributed by atoms with Crippen LogP contribution in [-0.2, 0) is 0 Å². The van der Waals surface area contributed by atoms with Crippen molar-refractivity contribution in [2.24, 2.45) is 9.98 Å². The third kappa shape index (κ3) is 4.97. The van der Waals surface area contributed by atoms with Crippen LogP contribution in [0.4, 0.5) is 0 Å². The summed E-state index contributed by atoms with van der Waals surface area (Å²) in [5, 5.41) is 8.25. The lowest BCUT2D eigenvalue weighted by molar-refractivity contribution is 0.669. The van der Waals surface area contributed by atoms with Crippen molar-refractivity contribution >= 4 is 44.4 Å². The van der Waals surface area contributed by atoms with Gasteiger partial charge in [0.25, 0.3) is 0 Å². The molecule has 8 aromatic rings. The van der Waals surface area contributed by atoms with Gasteiger partial charge in [-0.25, -0.2) is 9.98 Å². The number of nitrogens with one attached hydrogen (secondary N) is 1. The zero-order valence-corrected chi connectivity index (χ0v) is 25.5. The normalized spacial score (nSPS) is 14.6. The van der Waals surface area contributed by atoms with E-state index in [2.05, 4.69) is 133 Å². The molecule has 0 fully saturated rings. The molecule has 1 aromatic heterocycles. The Morgan fingerprint density at radius 3 is 1.98 bits per heavy atom. The van der Waals surface area contributed by atoms with Gasteiger partial charge in [0, 0.05) is 21.9 Å². The van der Waals surface area contributed by atoms with Crippen LogP contribution in [0.3, 0.4) is 0 Å². The zero-order valence-electron chi connectivity index (χ0n) is 25.5. The van der Waals surface area contributed by atoms with E-state index in [1.165, 1.54) is 10.8 Å². The van der Waals surface area contributed by atoms with E-state index in [1.807, 2.05) is 36.4 Å². The molecule has 0 radical (unpaired) electrons. The lowest BCUT2D eigenvalue weighted by Gasteiger charge is -2.24. The van der Waals surface area contributed by atoms with Crippen molar-refractivity contribution in [2.45, 2.75) is 6.17 Å². The van der Waals surface area contributed by atoms with Gasteiger partial charge >= 0.3 is 0 Å². The van der Waals surface area contributed by atoms with Crippen LogP contribution in [0.1, 0.15) is 22.9 Å². The van der Waals surface area contributed by atoms with E-state index in [9.17, 15) is 0 Å². The smallest absolute Gasteiger partial charge is 0.159 e. The highest BCUT2D eigenvalue weighted by atomic mass is 16.3. The van der Waals surface area contributed by atoms with Gasteiger partial charge in [0.15, 0.2) is 5.84 Å². The fourth-order valence-corrected chi connectivity index (χ4v) is 6.54. The lowest BCUT2D eigenvalue weighted by atomic mass is 9.94. The van der Waals surface area contributed by atoms with Crippen LogP contribution in [-0.4, -0.2) is 11.7 Å². The highest BCUT2D eigenvalue weighted by Gasteiger charge is 2.22. The maximum atomic E-state index is 6.39. The molecule has 4 heteroatoms. The van der Waals surface area contributed by atoms with Gasteiger partial charge < -0.3 is 9.73 Å². The summed E-state index contributed by atoms with van der Waals surface area (Å²) in [5.41, 5.74) is 9.38. The first-order valence-electron chi connectivity index (χ1n) is 15.9. The van der Waals surface area contributed by atoms with Gasteiger partial charge in [-0.2, -0.15) is 0 Å². The summed E-state index contributed by atoms with van der Waals surface area (Å²) in [6.45, 7) is 0. The molecule has 1 aliphatic heterocycles. The fourth-order valence-electron chi connectivity index (χ4n) is 6.54. The maximum absolute atomic E-state index is 6.39. The van der Waals surface area contributed by atoms with Crippen LogP contribution >= 0.6 is 0 Å². The first kappa shape index (κ1) is 27.1. The second kappa shape index (κ2) is 11.3. The molecule has 0 saturated heterocycles. The van der Waals surface area contributed by atoms with Gasteiger partial charge in [-0.05, 0) is 62.9 Å². The topological polar surface area (TPSA) is 49.9 Å². The second-order valence-electron chi connectivity index (χ2n) is 11.9. The number of benzene rings is 7. The minimum absolute atomic E-state index is 0.302. The molecule has 0 amide bonds. The average molecular weight is 604 g/mol. The van der Waals surface area contributed by atoms with Crippen molar-refractivity contribution in [1.29, 1.82) is 0 Å². The number of para-hydroxylation sites is 1. The molecule has 0 aliphatic carbocycles. The van der Waals surface area contributed by atoms with Crippen LogP contribution in [0.5, 0.6) is 0 Å². The lowest BCUT2D eigenvalue weighted by Crippen LogP contribution is -2.33. The molecule has 2 heterocycles. The Morgan fingerprint density at radius 1 is 0.489 bits per heavy atom. The van der Waals surface area contributed by atoms with E-state index in [4.69, 9.17) is 14.4 Å². The van der Waals surface area contributed by atoms with Gasteiger partial charge in [0.05, 0.1) is 0 Å². The summed E-state index contributed by atoms with van der Waals surface area (Å²) < 4.78 is 6.39. The molecule has 7 aromatic carbocycles. The number of hydrogen-bond donors (Lipinski definition) is 1. The molecular weight excluding hydrogens is 574 g/mol. The number of rotatable bonds is 5. The predicted molar refractivity (Wildman–Crippen MR) is 194 cm³/mol. The zero-order chi connectivity index (χ0) is 31.2. The molecule has 1 unspecified atom stereocenters. The number of aliphatic imine (C=N–C) groups is 2. The minimum Gasteiger partial charge on any atom is -0.456 e. The van der Waals surface area contributed by atoms with Crippen molar-refractivity contribution in [3.05, 3.63) is 180 Å². The molecule has 0 saturated carbocycles. The molecule has 4 nitrogen and oxygen atoms in total. The number of fused-ring (bicyclic) bond motifs is 4. The summed E-state index contributed by atoms with van der Waals surface area (Å²) in [6.07, 6.45) is -0.302. The quantitative estimate of drug-likeness (QED) is 0.213. The van der Waals surface area contributed by atoms with Crippen molar-refractivity contribution in [2.75, 3.05) is 0 Å². The fraction of sp³-hybridized carbons (Fsp3) is 0.0233. The number of hydrogen-bond acceptors (Lipinski definition) is 4. The van der Waals surface area contributed by atoms with Gasteiger partial charge in [0.2, 0.25) is 0 Å². The van der Waals surface area contributed by atoms with Crippen molar-refractivity contribution < 1.29 is 4.42 Å². The molecule has 1 atom stereocenters. The van der Waals surface area contributed by atoms with E-state index in [-0.39, 0.29) is 6.17 Å². The second-order valence-corrected chi connectivity index (χ2v) is 11.9. The third-order valence-corrected chi connectivity index (χ3v) is 8.92. The predicted octanol–water partition coefficient (Wildman–Crippen LogP) is 10.6. The molecular formula is C43H29N3O. The Kier molecular flexibility index (Phi) is 6.50. The summed E-state index contributed by atoms with van der Waals surface area (Å²) in [5.74, 6) is 1.52. The molecule has 1 aliphatic rings. The Labute approximate surface area is 272 Å². The highest BCUT2D eigenvalue weighted by Crippen LogP contribution is 2.40. The van der Waals surface area contributed by atoms with Crippen LogP contribution in [0, 0.1) is 0 Å². The van der Waals surface area contributed by atoms with Gasteiger partial charge in [-0.1, -0.05) is 140 Å². The number of amidine groups is 2. The Morgan fingerprint density at radius 2 is 1.17 bits per heavy atom. The molecule has 222 valence electrons. The van der Waals surface area contributed by atoms with Crippen LogP contribution in [0.25, 0.3) is 55.0 Å². The third-order valence-electron chi connectivity index (χ3n) is 8.92. The summed E-state index contributed by atoms with van der Waals surface area (Å²) in [4.78, 5) is 10.1. The molecule has 9 rings (SSSR count). The highest BCUT2D eigenvalue weighted by molar-refractivity contribution is 6.15. The SMILES string of the molecule is c1ccc(C2=NC(c3ccc(-c4cc(-c5ccccc5)cc5oc6ccccc6c45)cc3)NC(c3ccc4ccccc4c3)=N2)cc1. The number of furan rings is 1. The summed E-state index contributed by atoms with van der Waals surface area (Å²) >= 11 is 0. The standard InChI is InChI=1S/C43H29N3O/c1-3-11-28(12-4-1)35-26-37(40-36-17-9-10-18-38(36)47-39(40)27-35)30-20-22-32(23-21-30)42-44-41(31-14-5-2-6-15-31)45-43(46-42)34-24-19-29-13-7-8-16-33(29)25-34/h1-27,42H,(H,44,45,46). The van der Waals surface area contributed by atoms with Gasteiger partial charge in [-0.15, -0.1) is 0 Å².